The third-order valence-electron chi connectivity index (χ3n) is 4.84. The monoisotopic (exact) mass is 411 g/mol. The maximum Gasteiger partial charge on any atom is 0.277 e. The van der Waals surface area contributed by atoms with E-state index in [1.165, 1.54) is 4.90 Å². The Kier molecular flexibility index (Phi) is 5.46. The van der Waals surface area contributed by atoms with Crippen molar-refractivity contribution in [1.82, 2.24) is 25.5 Å². The molecule has 1 aliphatic heterocycles. The molecular weight excluding hydrogens is 390 g/mol. The molecule has 30 heavy (non-hydrogen) atoms. The number of benzene rings is 1. The number of hydrogen-bond donors (Lipinski definition) is 1. The number of aryl methyl sites for hydroxylation is 2. The van der Waals surface area contributed by atoms with E-state index < -0.39 is 11.9 Å². The van der Waals surface area contributed by atoms with E-state index in [0.29, 0.717) is 36.0 Å². The van der Waals surface area contributed by atoms with Gasteiger partial charge in [-0.05, 0) is 26.0 Å². The van der Waals surface area contributed by atoms with Gasteiger partial charge in [0.15, 0.2) is 11.5 Å². The minimum atomic E-state index is -0.786. The van der Waals surface area contributed by atoms with E-state index in [1.807, 2.05) is 30.3 Å². The first-order valence-electron chi connectivity index (χ1n) is 9.54. The molecule has 1 saturated heterocycles. The molecule has 1 unspecified atom stereocenters. The van der Waals surface area contributed by atoms with Crippen molar-refractivity contribution >= 4 is 11.8 Å². The topological polar surface area (TPSA) is 124 Å². The maximum atomic E-state index is 13.3. The molecule has 3 aromatic rings. The highest BCUT2D eigenvalue weighted by atomic mass is 16.5. The summed E-state index contributed by atoms with van der Waals surface area (Å²) in [4.78, 5) is 31.4. The SMILES string of the molecule is Cc1noc(CC2C(=O)NCCN2C(=O)c2noc(C)c2COc2ccccc2)n1. The number of carbonyl (C=O) groups excluding carboxylic acids is 2. The normalized spacial score (nSPS) is 16.4. The Labute approximate surface area is 172 Å². The Morgan fingerprint density at radius 3 is 2.77 bits per heavy atom. The summed E-state index contributed by atoms with van der Waals surface area (Å²) in [6, 6.07) is 8.46. The number of carbonyl (C=O) groups is 2. The van der Waals surface area contributed by atoms with Crippen molar-refractivity contribution in [2.75, 3.05) is 13.1 Å². The van der Waals surface area contributed by atoms with E-state index >= 15 is 0 Å². The van der Waals surface area contributed by atoms with E-state index in [9.17, 15) is 9.59 Å². The molecule has 1 atom stereocenters. The zero-order valence-electron chi connectivity index (χ0n) is 16.6. The first-order valence-corrected chi connectivity index (χ1v) is 9.54. The van der Waals surface area contributed by atoms with Crippen molar-refractivity contribution in [3.8, 4) is 5.75 Å². The van der Waals surface area contributed by atoms with Gasteiger partial charge in [-0.25, -0.2) is 0 Å². The molecule has 10 nitrogen and oxygen atoms in total. The summed E-state index contributed by atoms with van der Waals surface area (Å²) in [5.74, 6) is 1.21. The highest BCUT2D eigenvalue weighted by Gasteiger charge is 2.37. The number of aromatic nitrogens is 3. The number of ether oxygens (including phenoxy) is 1. The van der Waals surface area contributed by atoms with Crippen LogP contribution in [0.3, 0.4) is 0 Å². The van der Waals surface area contributed by atoms with Gasteiger partial charge in [0.1, 0.15) is 24.2 Å². The summed E-state index contributed by atoms with van der Waals surface area (Å²) in [6.45, 7) is 4.20. The number of hydrogen-bond acceptors (Lipinski definition) is 8. The lowest BCUT2D eigenvalue weighted by atomic mass is 10.1. The molecule has 1 aromatic carbocycles. The molecule has 0 bridgehead atoms. The molecule has 156 valence electrons. The van der Waals surface area contributed by atoms with Gasteiger partial charge >= 0.3 is 0 Å². The average Bonchev–Trinajstić information content (AvgIpc) is 3.33. The van der Waals surface area contributed by atoms with Crippen molar-refractivity contribution in [1.29, 1.82) is 0 Å². The Morgan fingerprint density at radius 1 is 1.23 bits per heavy atom. The fraction of sp³-hybridized carbons (Fsp3) is 0.350. The van der Waals surface area contributed by atoms with Gasteiger partial charge in [0.25, 0.3) is 5.91 Å². The molecule has 1 N–H and O–H groups in total. The first-order chi connectivity index (χ1) is 14.5. The summed E-state index contributed by atoms with van der Waals surface area (Å²) in [6.07, 6.45) is 0.116. The van der Waals surface area contributed by atoms with Crippen molar-refractivity contribution in [2.45, 2.75) is 32.9 Å². The first kappa shape index (κ1) is 19.6. The number of piperazine rings is 1. The van der Waals surface area contributed by atoms with Gasteiger partial charge in [0, 0.05) is 13.1 Å². The second kappa shape index (κ2) is 8.36. The number of nitrogens with one attached hydrogen (secondary N) is 1. The predicted molar refractivity (Wildman–Crippen MR) is 103 cm³/mol. The average molecular weight is 411 g/mol. The van der Waals surface area contributed by atoms with Crippen LogP contribution in [0.25, 0.3) is 0 Å². The van der Waals surface area contributed by atoms with Crippen LogP contribution in [0.1, 0.15) is 33.5 Å². The number of amides is 2. The maximum absolute atomic E-state index is 13.3. The summed E-state index contributed by atoms with van der Waals surface area (Å²) >= 11 is 0. The van der Waals surface area contributed by atoms with E-state index in [2.05, 4.69) is 20.6 Å². The Balaban J connectivity index is 1.55. The lowest BCUT2D eigenvalue weighted by Gasteiger charge is -2.34. The summed E-state index contributed by atoms with van der Waals surface area (Å²) in [5.41, 5.74) is 0.673. The fourth-order valence-electron chi connectivity index (χ4n) is 3.29. The Bertz CT molecular complexity index is 1050. The van der Waals surface area contributed by atoms with Gasteiger partial charge in [-0.1, -0.05) is 28.5 Å². The second-order valence-electron chi connectivity index (χ2n) is 6.91. The van der Waals surface area contributed by atoms with Crippen LogP contribution < -0.4 is 10.1 Å². The summed E-state index contributed by atoms with van der Waals surface area (Å²) in [7, 11) is 0. The standard InChI is InChI=1S/C20H21N5O5/c1-12-15(11-28-14-6-4-3-5-7-14)18(24-29-12)20(27)25-9-8-21-19(26)16(25)10-17-22-13(2)23-30-17/h3-7,16H,8-11H2,1-2H3,(H,21,26). The molecule has 1 aliphatic rings. The second-order valence-corrected chi connectivity index (χ2v) is 6.91. The predicted octanol–water partition coefficient (Wildman–Crippen LogP) is 1.44. The Hall–Kier alpha value is -3.69. The van der Waals surface area contributed by atoms with E-state index in [-0.39, 0.29) is 30.5 Å². The van der Waals surface area contributed by atoms with E-state index in [4.69, 9.17) is 13.8 Å². The Morgan fingerprint density at radius 2 is 2.03 bits per heavy atom. The van der Waals surface area contributed by atoms with Crippen molar-refractivity contribution in [3.05, 3.63) is 59.1 Å². The van der Waals surface area contributed by atoms with Crippen LogP contribution in [0.4, 0.5) is 0 Å². The lowest BCUT2D eigenvalue weighted by molar-refractivity contribution is -0.128. The summed E-state index contributed by atoms with van der Waals surface area (Å²) < 4.78 is 16.2. The van der Waals surface area contributed by atoms with Crippen LogP contribution in [-0.4, -0.2) is 51.1 Å². The quantitative estimate of drug-likeness (QED) is 0.646. The fourth-order valence-corrected chi connectivity index (χ4v) is 3.29. The van der Waals surface area contributed by atoms with Gasteiger partial charge in [0.2, 0.25) is 11.8 Å². The van der Waals surface area contributed by atoms with Crippen LogP contribution in [0.15, 0.2) is 39.4 Å². The zero-order valence-corrected chi connectivity index (χ0v) is 16.6. The molecule has 3 heterocycles. The van der Waals surface area contributed by atoms with Gasteiger partial charge in [-0.15, -0.1) is 0 Å². The molecule has 2 aromatic heterocycles. The van der Waals surface area contributed by atoms with Crippen molar-refractivity contribution < 1.29 is 23.4 Å². The molecule has 0 spiro atoms. The van der Waals surface area contributed by atoms with Crippen molar-refractivity contribution in [2.24, 2.45) is 0 Å². The lowest BCUT2D eigenvalue weighted by Crippen LogP contribution is -2.58. The minimum absolute atomic E-state index is 0.116. The third-order valence-corrected chi connectivity index (χ3v) is 4.84. The molecule has 2 amide bonds. The molecule has 0 radical (unpaired) electrons. The number of para-hydroxylation sites is 1. The van der Waals surface area contributed by atoms with Gasteiger partial charge in [-0.3, -0.25) is 9.59 Å². The summed E-state index contributed by atoms with van der Waals surface area (Å²) in [5, 5.41) is 10.5. The molecule has 4 rings (SSSR count). The van der Waals surface area contributed by atoms with Crippen LogP contribution in [0.5, 0.6) is 5.75 Å². The van der Waals surface area contributed by atoms with Crippen LogP contribution in [0, 0.1) is 13.8 Å². The molecule has 10 heteroatoms. The van der Waals surface area contributed by atoms with Crippen LogP contribution in [0.2, 0.25) is 0 Å². The van der Waals surface area contributed by atoms with E-state index in [1.54, 1.807) is 13.8 Å². The highest BCUT2D eigenvalue weighted by molar-refractivity contribution is 5.98. The van der Waals surface area contributed by atoms with Gasteiger partial charge in [-0.2, -0.15) is 4.98 Å². The number of nitrogens with zero attached hydrogens (tertiary/aromatic N) is 4. The third kappa shape index (κ3) is 4.02. The molecule has 0 aliphatic carbocycles. The van der Waals surface area contributed by atoms with Gasteiger partial charge in [0.05, 0.1) is 12.0 Å². The number of rotatable bonds is 6. The molecule has 0 saturated carbocycles. The largest absolute Gasteiger partial charge is 0.489 e. The van der Waals surface area contributed by atoms with Gasteiger partial charge < -0.3 is 24.0 Å². The molecular formula is C20H21N5O5. The van der Waals surface area contributed by atoms with Crippen LogP contribution in [-0.2, 0) is 17.8 Å². The molecule has 1 fully saturated rings. The van der Waals surface area contributed by atoms with Crippen molar-refractivity contribution in [3.63, 3.8) is 0 Å². The smallest absolute Gasteiger partial charge is 0.277 e. The highest BCUT2D eigenvalue weighted by Crippen LogP contribution is 2.21. The van der Waals surface area contributed by atoms with Crippen LogP contribution >= 0.6 is 0 Å². The minimum Gasteiger partial charge on any atom is -0.489 e. The van der Waals surface area contributed by atoms with E-state index in [0.717, 1.165) is 0 Å². The zero-order chi connectivity index (χ0) is 21.1.